The Morgan fingerprint density at radius 3 is 2.61 bits per heavy atom. The van der Waals surface area contributed by atoms with Gasteiger partial charge in [0.2, 0.25) is 0 Å². The fraction of sp³-hybridized carbons (Fsp3) is 0.423. The topological polar surface area (TPSA) is 66.3 Å². The van der Waals surface area contributed by atoms with Gasteiger partial charge in [0.15, 0.2) is 5.69 Å². The molecule has 0 spiro atoms. The first-order valence-corrected chi connectivity index (χ1v) is 13.9. The van der Waals surface area contributed by atoms with Crippen LogP contribution in [0.3, 0.4) is 0 Å². The van der Waals surface area contributed by atoms with Crippen molar-refractivity contribution in [3.8, 4) is 0 Å². The van der Waals surface area contributed by atoms with Crippen LogP contribution in [0.25, 0.3) is 0 Å². The Hall–Kier alpha value is -2.13. The SMILES string of the molecule is CCCc1c(C(=O)NCCCN2CCN(c3cccc(Cl)c3Cl)CC2)nnn1Cc1ccccc1Br. The number of benzene rings is 2. The summed E-state index contributed by atoms with van der Waals surface area (Å²) in [7, 11) is 0. The number of anilines is 1. The highest BCUT2D eigenvalue weighted by Gasteiger charge is 2.21. The highest BCUT2D eigenvalue weighted by molar-refractivity contribution is 9.10. The molecule has 0 unspecified atom stereocenters. The summed E-state index contributed by atoms with van der Waals surface area (Å²) in [5, 5.41) is 12.8. The molecule has 1 saturated heterocycles. The van der Waals surface area contributed by atoms with Gasteiger partial charge >= 0.3 is 0 Å². The molecule has 0 saturated carbocycles. The monoisotopic (exact) mass is 592 g/mol. The van der Waals surface area contributed by atoms with Gasteiger partial charge in [0, 0.05) is 37.2 Å². The molecule has 1 aliphatic rings. The fourth-order valence-corrected chi connectivity index (χ4v) is 5.27. The van der Waals surface area contributed by atoms with Crippen LogP contribution in [-0.4, -0.2) is 65.1 Å². The normalized spacial score (nSPS) is 14.3. The molecule has 0 bridgehead atoms. The van der Waals surface area contributed by atoms with E-state index in [0.717, 1.165) is 73.4 Å². The minimum absolute atomic E-state index is 0.155. The second-order valence-corrected chi connectivity index (χ2v) is 10.5. The predicted octanol–water partition coefficient (Wildman–Crippen LogP) is 5.29. The number of piperazine rings is 1. The third kappa shape index (κ3) is 6.59. The molecule has 2 heterocycles. The molecule has 1 aromatic heterocycles. The molecular formula is C26H31BrCl2N6O. The largest absolute Gasteiger partial charge is 0.368 e. The summed E-state index contributed by atoms with van der Waals surface area (Å²) in [5.41, 5.74) is 3.40. The van der Waals surface area contributed by atoms with Crippen molar-refractivity contribution in [3.63, 3.8) is 0 Å². The molecule has 36 heavy (non-hydrogen) atoms. The number of nitrogens with one attached hydrogen (secondary N) is 1. The van der Waals surface area contributed by atoms with E-state index in [1.165, 1.54) is 0 Å². The zero-order valence-corrected chi connectivity index (χ0v) is 23.5. The van der Waals surface area contributed by atoms with Gasteiger partial charge in [-0.25, -0.2) is 4.68 Å². The smallest absolute Gasteiger partial charge is 0.273 e. The van der Waals surface area contributed by atoms with Gasteiger partial charge in [0.1, 0.15) is 0 Å². The molecule has 2 aromatic carbocycles. The second kappa shape index (κ2) is 12.9. The van der Waals surface area contributed by atoms with E-state index in [0.29, 0.717) is 28.8 Å². The molecule has 0 radical (unpaired) electrons. The lowest BCUT2D eigenvalue weighted by atomic mass is 10.1. The minimum Gasteiger partial charge on any atom is -0.368 e. The first-order chi connectivity index (χ1) is 17.5. The van der Waals surface area contributed by atoms with E-state index >= 15 is 0 Å². The Kier molecular flexibility index (Phi) is 9.65. The Labute approximate surface area is 230 Å². The van der Waals surface area contributed by atoms with Crippen LogP contribution in [-0.2, 0) is 13.0 Å². The first kappa shape index (κ1) is 26.9. The van der Waals surface area contributed by atoms with Crippen molar-refractivity contribution in [2.45, 2.75) is 32.7 Å². The number of rotatable bonds is 10. The van der Waals surface area contributed by atoms with Gasteiger partial charge in [-0.15, -0.1) is 5.10 Å². The standard InChI is InChI=1S/C26H31BrCl2N6O/c1-2-7-23-25(31-32-35(23)18-19-8-3-4-9-20(19)27)26(36)30-12-6-13-33-14-16-34(17-15-33)22-11-5-10-21(28)24(22)29/h3-5,8-11H,2,6-7,12-18H2,1H3,(H,30,36). The van der Waals surface area contributed by atoms with Crippen LogP contribution >= 0.6 is 39.1 Å². The fourth-order valence-electron chi connectivity index (χ4n) is 4.45. The molecule has 192 valence electrons. The van der Waals surface area contributed by atoms with Gasteiger partial charge in [-0.05, 0) is 43.1 Å². The highest BCUT2D eigenvalue weighted by atomic mass is 79.9. The number of hydrogen-bond acceptors (Lipinski definition) is 5. The van der Waals surface area contributed by atoms with E-state index in [9.17, 15) is 4.79 Å². The maximum Gasteiger partial charge on any atom is 0.273 e. The number of hydrogen-bond donors (Lipinski definition) is 1. The predicted molar refractivity (Wildman–Crippen MR) is 149 cm³/mol. The van der Waals surface area contributed by atoms with Crippen molar-refractivity contribution in [2.75, 3.05) is 44.2 Å². The van der Waals surface area contributed by atoms with Crippen LogP contribution in [0.2, 0.25) is 10.0 Å². The highest BCUT2D eigenvalue weighted by Crippen LogP contribution is 2.32. The average Bonchev–Trinajstić information content (AvgIpc) is 3.28. The van der Waals surface area contributed by atoms with E-state index in [1.54, 1.807) is 0 Å². The first-order valence-electron chi connectivity index (χ1n) is 12.3. The molecular weight excluding hydrogens is 563 g/mol. The third-order valence-electron chi connectivity index (χ3n) is 6.40. The zero-order valence-electron chi connectivity index (χ0n) is 20.4. The summed E-state index contributed by atoms with van der Waals surface area (Å²) in [6.45, 7) is 7.87. The zero-order chi connectivity index (χ0) is 25.5. The maximum atomic E-state index is 12.9. The molecule has 1 amide bonds. The maximum absolute atomic E-state index is 12.9. The van der Waals surface area contributed by atoms with Gasteiger partial charge in [-0.3, -0.25) is 9.69 Å². The number of nitrogens with zero attached hydrogens (tertiary/aromatic N) is 5. The summed E-state index contributed by atoms with van der Waals surface area (Å²) in [6, 6.07) is 13.8. The second-order valence-electron chi connectivity index (χ2n) is 8.89. The Morgan fingerprint density at radius 1 is 1.08 bits per heavy atom. The van der Waals surface area contributed by atoms with Crippen LogP contribution < -0.4 is 10.2 Å². The molecule has 10 heteroatoms. The Bertz CT molecular complexity index is 1180. The van der Waals surface area contributed by atoms with E-state index in [4.69, 9.17) is 23.2 Å². The number of carbonyl (C=O) groups is 1. The summed E-state index contributed by atoms with van der Waals surface area (Å²) in [6.07, 6.45) is 2.54. The molecule has 1 fully saturated rings. The quantitative estimate of drug-likeness (QED) is 0.324. The van der Waals surface area contributed by atoms with Crippen LogP contribution in [0.5, 0.6) is 0 Å². The number of aromatic nitrogens is 3. The Balaban J connectivity index is 1.25. The van der Waals surface area contributed by atoms with E-state index in [1.807, 2.05) is 47.1 Å². The van der Waals surface area contributed by atoms with Crippen molar-refractivity contribution >= 4 is 50.7 Å². The summed E-state index contributed by atoms with van der Waals surface area (Å²) in [5.74, 6) is -0.155. The number of halogens is 3. The molecule has 4 rings (SSSR count). The molecule has 1 N–H and O–H groups in total. The van der Waals surface area contributed by atoms with Crippen molar-refractivity contribution in [3.05, 3.63) is 73.9 Å². The van der Waals surface area contributed by atoms with Gasteiger partial charge in [-0.2, -0.15) is 0 Å². The van der Waals surface area contributed by atoms with Crippen LogP contribution in [0.15, 0.2) is 46.9 Å². The molecule has 1 aliphatic heterocycles. The molecule has 3 aromatic rings. The molecule has 0 atom stereocenters. The van der Waals surface area contributed by atoms with Crippen molar-refractivity contribution in [2.24, 2.45) is 0 Å². The summed E-state index contributed by atoms with van der Waals surface area (Å²) < 4.78 is 2.86. The van der Waals surface area contributed by atoms with Crippen molar-refractivity contribution in [1.29, 1.82) is 0 Å². The lowest BCUT2D eigenvalue weighted by molar-refractivity contribution is 0.0945. The minimum atomic E-state index is -0.155. The van der Waals surface area contributed by atoms with Crippen molar-refractivity contribution < 1.29 is 4.79 Å². The third-order valence-corrected chi connectivity index (χ3v) is 7.98. The van der Waals surface area contributed by atoms with E-state index in [-0.39, 0.29) is 5.91 Å². The summed E-state index contributed by atoms with van der Waals surface area (Å²) >= 11 is 16.1. The van der Waals surface area contributed by atoms with Gasteiger partial charge < -0.3 is 10.2 Å². The van der Waals surface area contributed by atoms with Crippen LogP contribution in [0.4, 0.5) is 5.69 Å². The van der Waals surface area contributed by atoms with Gasteiger partial charge in [-0.1, -0.05) is 82.0 Å². The molecule has 0 aliphatic carbocycles. The van der Waals surface area contributed by atoms with E-state index in [2.05, 4.69) is 48.3 Å². The number of carbonyl (C=O) groups excluding carboxylic acids is 1. The average molecular weight is 594 g/mol. The Morgan fingerprint density at radius 2 is 1.86 bits per heavy atom. The van der Waals surface area contributed by atoms with E-state index < -0.39 is 0 Å². The number of amides is 1. The van der Waals surface area contributed by atoms with Gasteiger partial charge in [0.05, 0.1) is 28.0 Å². The lowest BCUT2D eigenvalue weighted by Gasteiger charge is -2.36. The van der Waals surface area contributed by atoms with Gasteiger partial charge in [0.25, 0.3) is 5.91 Å². The molecule has 7 nitrogen and oxygen atoms in total. The summed E-state index contributed by atoms with van der Waals surface area (Å²) in [4.78, 5) is 17.6. The van der Waals surface area contributed by atoms with Crippen LogP contribution in [0.1, 0.15) is 41.5 Å². The van der Waals surface area contributed by atoms with Crippen molar-refractivity contribution in [1.82, 2.24) is 25.2 Å². The van der Waals surface area contributed by atoms with Crippen LogP contribution in [0, 0.1) is 0 Å². The lowest BCUT2D eigenvalue weighted by Crippen LogP contribution is -2.47.